The SMILES string of the molecule is O=C1CC(CS)CN1CC1CCN(Cc2ccccc2)C1. The van der Waals surface area contributed by atoms with Crippen molar-refractivity contribution in [1.82, 2.24) is 9.80 Å². The van der Waals surface area contributed by atoms with Gasteiger partial charge in [0.15, 0.2) is 0 Å². The molecule has 2 atom stereocenters. The molecule has 2 aliphatic rings. The number of carbonyl (C=O) groups is 1. The van der Waals surface area contributed by atoms with Crippen molar-refractivity contribution >= 4 is 18.5 Å². The maximum Gasteiger partial charge on any atom is 0.222 e. The molecule has 3 rings (SSSR count). The lowest BCUT2D eigenvalue weighted by molar-refractivity contribution is -0.128. The Bertz CT molecular complexity index is 479. The summed E-state index contributed by atoms with van der Waals surface area (Å²) in [7, 11) is 0. The first-order valence-corrected chi connectivity index (χ1v) is 8.52. The largest absolute Gasteiger partial charge is 0.342 e. The monoisotopic (exact) mass is 304 g/mol. The molecule has 21 heavy (non-hydrogen) atoms. The van der Waals surface area contributed by atoms with Crippen LogP contribution < -0.4 is 0 Å². The van der Waals surface area contributed by atoms with Crippen molar-refractivity contribution in [2.24, 2.45) is 11.8 Å². The molecule has 1 amide bonds. The summed E-state index contributed by atoms with van der Waals surface area (Å²) < 4.78 is 0. The summed E-state index contributed by atoms with van der Waals surface area (Å²) in [6.45, 7) is 5.15. The number of likely N-dealkylation sites (tertiary alicyclic amines) is 2. The van der Waals surface area contributed by atoms with Crippen molar-refractivity contribution in [2.75, 3.05) is 31.9 Å². The zero-order valence-corrected chi connectivity index (χ0v) is 13.3. The van der Waals surface area contributed by atoms with Crippen LogP contribution in [0.15, 0.2) is 30.3 Å². The molecule has 1 aromatic carbocycles. The topological polar surface area (TPSA) is 23.6 Å². The molecule has 2 saturated heterocycles. The Balaban J connectivity index is 1.48. The molecule has 2 unspecified atom stereocenters. The molecular weight excluding hydrogens is 280 g/mol. The first kappa shape index (κ1) is 14.9. The first-order chi connectivity index (χ1) is 10.2. The number of hydrogen-bond acceptors (Lipinski definition) is 3. The summed E-state index contributed by atoms with van der Waals surface area (Å²) >= 11 is 4.33. The zero-order valence-electron chi connectivity index (χ0n) is 12.4. The predicted octanol–water partition coefficient (Wildman–Crippen LogP) is 2.29. The molecule has 114 valence electrons. The lowest BCUT2D eigenvalue weighted by atomic mass is 10.1. The van der Waals surface area contributed by atoms with Gasteiger partial charge in [-0.1, -0.05) is 30.3 Å². The summed E-state index contributed by atoms with van der Waals surface area (Å²) in [5.74, 6) is 2.25. The minimum absolute atomic E-state index is 0.329. The van der Waals surface area contributed by atoms with E-state index >= 15 is 0 Å². The van der Waals surface area contributed by atoms with Gasteiger partial charge in [-0.15, -0.1) is 0 Å². The minimum atomic E-state index is 0.329. The van der Waals surface area contributed by atoms with Gasteiger partial charge < -0.3 is 4.90 Å². The highest BCUT2D eigenvalue weighted by molar-refractivity contribution is 7.80. The molecule has 0 aromatic heterocycles. The molecular formula is C17H24N2OS. The molecule has 0 spiro atoms. The Hall–Kier alpha value is -1.00. The molecule has 0 saturated carbocycles. The quantitative estimate of drug-likeness (QED) is 0.844. The van der Waals surface area contributed by atoms with Crippen molar-refractivity contribution in [3.63, 3.8) is 0 Å². The summed E-state index contributed by atoms with van der Waals surface area (Å²) in [5, 5.41) is 0. The summed E-state index contributed by atoms with van der Waals surface area (Å²) in [5.41, 5.74) is 1.38. The van der Waals surface area contributed by atoms with Gasteiger partial charge in [0, 0.05) is 32.6 Å². The average molecular weight is 304 g/mol. The second-order valence-corrected chi connectivity index (χ2v) is 6.79. The fraction of sp³-hybridized carbons (Fsp3) is 0.588. The molecule has 1 aromatic rings. The third kappa shape index (κ3) is 3.80. The average Bonchev–Trinajstić information content (AvgIpc) is 3.08. The standard InChI is InChI=1S/C17H24N2OS/c20-17-8-16(13-21)12-19(17)11-15-6-7-18(10-15)9-14-4-2-1-3-5-14/h1-5,15-16,21H,6-13H2. The highest BCUT2D eigenvalue weighted by atomic mass is 32.1. The van der Waals surface area contributed by atoms with E-state index < -0.39 is 0 Å². The molecule has 0 aliphatic carbocycles. The van der Waals surface area contributed by atoms with Crippen LogP contribution in [-0.4, -0.2) is 47.6 Å². The van der Waals surface area contributed by atoms with Gasteiger partial charge in [-0.3, -0.25) is 9.69 Å². The summed E-state index contributed by atoms with van der Waals surface area (Å²) in [6, 6.07) is 10.6. The van der Waals surface area contributed by atoms with Crippen LogP contribution in [0.4, 0.5) is 0 Å². The number of benzene rings is 1. The maximum absolute atomic E-state index is 12.0. The molecule has 4 heteroatoms. The van der Waals surface area contributed by atoms with Gasteiger partial charge in [-0.2, -0.15) is 12.6 Å². The fourth-order valence-corrected chi connectivity index (χ4v) is 3.76. The van der Waals surface area contributed by atoms with E-state index in [1.807, 2.05) is 0 Å². The van der Waals surface area contributed by atoms with E-state index in [-0.39, 0.29) is 0 Å². The minimum Gasteiger partial charge on any atom is -0.342 e. The van der Waals surface area contributed by atoms with Crippen molar-refractivity contribution in [1.29, 1.82) is 0 Å². The number of thiol groups is 1. The lowest BCUT2D eigenvalue weighted by Crippen LogP contribution is -2.32. The predicted molar refractivity (Wildman–Crippen MR) is 88.4 cm³/mol. The van der Waals surface area contributed by atoms with Gasteiger partial charge in [0.05, 0.1) is 0 Å². The molecule has 0 bridgehead atoms. The molecule has 2 aliphatic heterocycles. The van der Waals surface area contributed by atoms with E-state index in [0.29, 0.717) is 24.2 Å². The van der Waals surface area contributed by atoms with Crippen LogP contribution in [0.2, 0.25) is 0 Å². The van der Waals surface area contributed by atoms with Crippen LogP contribution in [0.25, 0.3) is 0 Å². The molecule has 2 fully saturated rings. The Morgan fingerprint density at radius 1 is 1.14 bits per heavy atom. The Morgan fingerprint density at radius 3 is 2.67 bits per heavy atom. The Labute approximate surface area is 132 Å². The fourth-order valence-electron chi connectivity index (χ4n) is 3.51. The number of rotatable bonds is 5. The van der Waals surface area contributed by atoms with Crippen molar-refractivity contribution < 1.29 is 4.79 Å². The number of nitrogens with zero attached hydrogens (tertiary/aromatic N) is 2. The van der Waals surface area contributed by atoms with E-state index in [2.05, 4.69) is 52.8 Å². The molecule has 2 heterocycles. The van der Waals surface area contributed by atoms with Crippen LogP contribution in [-0.2, 0) is 11.3 Å². The highest BCUT2D eigenvalue weighted by Gasteiger charge is 2.32. The van der Waals surface area contributed by atoms with Gasteiger partial charge in [0.2, 0.25) is 5.91 Å². The van der Waals surface area contributed by atoms with Crippen LogP contribution in [0, 0.1) is 11.8 Å². The van der Waals surface area contributed by atoms with Crippen molar-refractivity contribution in [3.05, 3.63) is 35.9 Å². The van der Waals surface area contributed by atoms with Crippen LogP contribution in [0.3, 0.4) is 0 Å². The number of carbonyl (C=O) groups excluding carboxylic acids is 1. The molecule has 0 N–H and O–H groups in total. The van der Waals surface area contributed by atoms with Crippen molar-refractivity contribution in [2.45, 2.75) is 19.4 Å². The van der Waals surface area contributed by atoms with Gasteiger partial charge in [-0.05, 0) is 36.1 Å². The van der Waals surface area contributed by atoms with Gasteiger partial charge in [0.1, 0.15) is 0 Å². The normalized spacial score (nSPS) is 26.7. The van der Waals surface area contributed by atoms with E-state index in [1.165, 1.54) is 12.0 Å². The van der Waals surface area contributed by atoms with Crippen LogP contribution >= 0.6 is 12.6 Å². The third-order valence-electron chi connectivity index (χ3n) is 4.65. The van der Waals surface area contributed by atoms with Gasteiger partial charge >= 0.3 is 0 Å². The maximum atomic E-state index is 12.0. The summed E-state index contributed by atoms with van der Waals surface area (Å²) in [4.78, 5) is 16.6. The first-order valence-electron chi connectivity index (χ1n) is 7.89. The summed E-state index contributed by atoms with van der Waals surface area (Å²) in [6.07, 6.45) is 1.91. The van der Waals surface area contributed by atoms with Crippen LogP contribution in [0.1, 0.15) is 18.4 Å². The second-order valence-electron chi connectivity index (χ2n) is 6.43. The molecule has 3 nitrogen and oxygen atoms in total. The number of amides is 1. The van der Waals surface area contributed by atoms with E-state index in [9.17, 15) is 4.79 Å². The van der Waals surface area contributed by atoms with Crippen molar-refractivity contribution in [3.8, 4) is 0 Å². The van der Waals surface area contributed by atoms with E-state index in [0.717, 1.165) is 38.5 Å². The van der Waals surface area contributed by atoms with Gasteiger partial charge in [0.25, 0.3) is 0 Å². The third-order valence-corrected chi connectivity index (χ3v) is 5.17. The Kier molecular flexibility index (Phi) is 4.86. The zero-order chi connectivity index (χ0) is 14.7. The van der Waals surface area contributed by atoms with Crippen LogP contribution in [0.5, 0.6) is 0 Å². The van der Waals surface area contributed by atoms with E-state index in [4.69, 9.17) is 0 Å². The van der Waals surface area contributed by atoms with Gasteiger partial charge in [-0.25, -0.2) is 0 Å². The van der Waals surface area contributed by atoms with E-state index in [1.54, 1.807) is 0 Å². The number of hydrogen-bond donors (Lipinski definition) is 1. The molecule has 0 radical (unpaired) electrons. The smallest absolute Gasteiger partial charge is 0.222 e. The Morgan fingerprint density at radius 2 is 1.95 bits per heavy atom. The second kappa shape index (κ2) is 6.84. The highest BCUT2D eigenvalue weighted by Crippen LogP contribution is 2.24. The lowest BCUT2D eigenvalue weighted by Gasteiger charge is -2.21.